The second kappa shape index (κ2) is 4.93. The van der Waals surface area contributed by atoms with Crippen LogP contribution in [-0.2, 0) is 6.42 Å². The Morgan fingerprint density at radius 3 is 2.94 bits per heavy atom. The number of aryl methyl sites for hydroxylation is 1. The van der Waals surface area contributed by atoms with Crippen molar-refractivity contribution in [1.82, 2.24) is 5.32 Å². The summed E-state index contributed by atoms with van der Waals surface area (Å²) in [5, 5.41) is 3.64. The van der Waals surface area contributed by atoms with Crippen LogP contribution in [0.1, 0.15) is 50.3 Å². The van der Waals surface area contributed by atoms with Crippen molar-refractivity contribution in [3.8, 4) is 0 Å². The number of rotatable bonds is 3. The lowest BCUT2D eigenvalue weighted by molar-refractivity contribution is 0.435. The molecule has 2 unspecified atom stereocenters. The van der Waals surface area contributed by atoms with Crippen LogP contribution in [0.15, 0.2) is 18.2 Å². The average molecular weight is 244 g/mol. The van der Waals surface area contributed by atoms with Gasteiger partial charge in [0.2, 0.25) is 0 Å². The predicted molar refractivity (Wildman–Crippen MR) is 77.2 cm³/mol. The Labute approximate surface area is 110 Å². The molecule has 1 aromatic carbocycles. The standard InChI is InChI=1S/C16H24N2/c1-3-13-9-8-12-6-5-7-14-15(17-4-2)10-11-18(13)16(12)14/h5-7,13,15,17H,3-4,8-11H2,1-2H3. The number of nitrogens with one attached hydrogen (secondary N) is 1. The normalized spacial score (nSPS) is 26.0. The number of anilines is 1. The molecule has 2 nitrogen and oxygen atoms in total. The highest BCUT2D eigenvalue weighted by atomic mass is 15.2. The Bertz CT molecular complexity index is 427. The van der Waals surface area contributed by atoms with Crippen molar-refractivity contribution in [3.63, 3.8) is 0 Å². The second-order valence-electron chi connectivity index (χ2n) is 5.55. The highest BCUT2D eigenvalue weighted by molar-refractivity contribution is 5.64. The Kier molecular flexibility index (Phi) is 3.29. The molecule has 0 saturated carbocycles. The molecule has 2 heterocycles. The van der Waals surface area contributed by atoms with E-state index < -0.39 is 0 Å². The Morgan fingerprint density at radius 1 is 1.28 bits per heavy atom. The van der Waals surface area contributed by atoms with Gasteiger partial charge < -0.3 is 10.2 Å². The zero-order valence-electron chi connectivity index (χ0n) is 11.6. The summed E-state index contributed by atoms with van der Waals surface area (Å²) in [6.45, 7) is 6.82. The number of hydrogen-bond acceptors (Lipinski definition) is 2. The van der Waals surface area contributed by atoms with Crippen molar-refractivity contribution < 1.29 is 0 Å². The van der Waals surface area contributed by atoms with Gasteiger partial charge in [0.1, 0.15) is 0 Å². The molecule has 18 heavy (non-hydrogen) atoms. The molecule has 0 radical (unpaired) electrons. The first kappa shape index (κ1) is 12.0. The van der Waals surface area contributed by atoms with Crippen LogP contribution < -0.4 is 10.2 Å². The summed E-state index contributed by atoms with van der Waals surface area (Å²) in [6, 6.07) is 8.23. The maximum Gasteiger partial charge on any atom is 0.0449 e. The van der Waals surface area contributed by atoms with Gasteiger partial charge in [0, 0.05) is 24.3 Å². The van der Waals surface area contributed by atoms with E-state index in [1.54, 1.807) is 16.8 Å². The van der Waals surface area contributed by atoms with Gasteiger partial charge in [-0.25, -0.2) is 0 Å². The lowest BCUT2D eigenvalue weighted by Gasteiger charge is -2.45. The highest BCUT2D eigenvalue weighted by Gasteiger charge is 2.32. The maximum atomic E-state index is 3.64. The molecule has 0 fully saturated rings. The van der Waals surface area contributed by atoms with Crippen molar-refractivity contribution in [2.24, 2.45) is 0 Å². The average Bonchev–Trinajstić information content (AvgIpc) is 2.42. The summed E-state index contributed by atoms with van der Waals surface area (Å²) in [5.74, 6) is 0. The van der Waals surface area contributed by atoms with Crippen molar-refractivity contribution in [2.75, 3.05) is 18.0 Å². The van der Waals surface area contributed by atoms with E-state index in [1.165, 1.54) is 32.2 Å². The largest absolute Gasteiger partial charge is 0.368 e. The summed E-state index contributed by atoms with van der Waals surface area (Å²) >= 11 is 0. The molecule has 1 N–H and O–H groups in total. The second-order valence-corrected chi connectivity index (χ2v) is 5.55. The third-order valence-corrected chi connectivity index (χ3v) is 4.58. The van der Waals surface area contributed by atoms with Crippen molar-refractivity contribution in [1.29, 1.82) is 0 Å². The number of hydrogen-bond donors (Lipinski definition) is 1. The van der Waals surface area contributed by atoms with Crippen LogP contribution >= 0.6 is 0 Å². The van der Waals surface area contributed by atoms with E-state index in [1.807, 2.05) is 0 Å². The maximum absolute atomic E-state index is 3.64. The molecule has 0 aliphatic carbocycles. The summed E-state index contributed by atoms with van der Waals surface area (Å²) in [6.07, 6.45) is 5.12. The van der Waals surface area contributed by atoms with Crippen LogP contribution in [0.25, 0.3) is 0 Å². The summed E-state index contributed by atoms with van der Waals surface area (Å²) < 4.78 is 0. The van der Waals surface area contributed by atoms with E-state index in [0.717, 1.165) is 12.6 Å². The minimum absolute atomic E-state index is 0.566. The third kappa shape index (κ3) is 1.83. The van der Waals surface area contributed by atoms with Crippen LogP contribution in [0.5, 0.6) is 0 Å². The quantitative estimate of drug-likeness (QED) is 0.878. The molecular formula is C16H24N2. The van der Waals surface area contributed by atoms with Crippen LogP contribution in [0.2, 0.25) is 0 Å². The van der Waals surface area contributed by atoms with E-state index in [2.05, 4.69) is 42.3 Å². The number of nitrogens with zero attached hydrogens (tertiary/aromatic N) is 1. The monoisotopic (exact) mass is 244 g/mol. The molecule has 0 saturated heterocycles. The van der Waals surface area contributed by atoms with Gasteiger partial charge in [-0.15, -0.1) is 0 Å². The summed E-state index contributed by atoms with van der Waals surface area (Å²) in [5.41, 5.74) is 4.67. The molecule has 0 spiro atoms. The van der Waals surface area contributed by atoms with E-state index in [4.69, 9.17) is 0 Å². The van der Waals surface area contributed by atoms with Gasteiger partial charge in [0.15, 0.2) is 0 Å². The van der Waals surface area contributed by atoms with E-state index in [9.17, 15) is 0 Å². The lowest BCUT2D eigenvalue weighted by Crippen LogP contribution is -2.45. The van der Waals surface area contributed by atoms with Crippen LogP contribution in [0.3, 0.4) is 0 Å². The molecule has 1 aromatic rings. The van der Waals surface area contributed by atoms with Gasteiger partial charge in [-0.3, -0.25) is 0 Å². The molecular weight excluding hydrogens is 220 g/mol. The molecule has 0 bridgehead atoms. The van der Waals surface area contributed by atoms with Gasteiger partial charge in [-0.1, -0.05) is 32.0 Å². The topological polar surface area (TPSA) is 15.3 Å². The number of benzene rings is 1. The zero-order valence-corrected chi connectivity index (χ0v) is 11.6. The molecule has 2 heteroatoms. The van der Waals surface area contributed by atoms with E-state index >= 15 is 0 Å². The zero-order chi connectivity index (χ0) is 12.5. The fraction of sp³-hybridized carbons (Fsp3) is 0.625. The molecule has 98 valence electrons. The minimum atomic E-state index is 0.566. The highest BCUT2D eigenvalue weighted by Crippen LogP contribution is 2.41. The predicted octanol–water partition coefficient (Wildman–Crippen LogP) is 3.27. The van der Waals surface area contributed by atoms with Crippen molar-refractivity contribution >= 4 is 5.69 Å². The van der Waals surface area contributed by atoms with Gasteiger partial charge in [0.05, 0.1) is 0 Å². The molecule has 0 aromatic heterocycles. The van der Waals surface area contributed by atoms with Crippen LogP contribution in [-0.4, -0.2) is 19.1 Å². The lowest BCUT2D eigenvalue weighted by atomic mass is 9.85. The first-order valence-electron chi connectivity index (χ1n) is 7.47. The Balaban J connectivity index is 2.03. The molecule has 2 aliphatic heterocycles. The smallest absolute Gasteiger partial charge is 0.0449 e. The van der Waals surface area contributed by atoms with Gasteiger partial charge in [0.25, 0.3) is 0 Å². The fourth-order valence-corrected chi connectivity index (χ4v) is 3.71. The molecule has 2 aliphatic rings. The van der Waals surface area contributed by atoms with Gasteiger partial charge >= 0.3 is 0 Å². The molecule has 3 rings (SSSR count). The van der Waals surface area contributed by atoms with Crippen LogP contribution in [0.4, 0.5) is 5.69 Å². The molecule has 2 atom stereocenters. The van der Waals surface area contributed by atoms with E-state index in [0.29, 0.717) is 6.04 Å². The van der Waals surface area contributed by atoms with Crippen molar-refractivity contribution in [3.05, 3.63) is 29.3 Å². The van der Waals surface area contributed by atoms with Gasteiger partial charge in [-0.2, -0.15) is 0 Å². The van der Waals surface area contributed by atoms with Crippen molar-refractivity contribution in [2.45, 2.75) is 51.6 Å². The first-order chi connectivity index (χ1) is 8.85. The summed E-state index contributed by atoms with van der Waals surface area (Å²) in [7, 11) is 0. The molecule has 0 amide bonds. The Hall–Kier alpha value is -1.02. The Morgan fingerprint density at radius 2 is 2.17 bits per heavy atom. The first-order valence-corrected chi connectivity index (χ1v) is 7.47. The van der Waals surface area contributed by atoms with Gasteiger partial charge in [-0.05, 0) is 43.4 Å². The number of para-hydroxylation sites is 1. The third-order valence-electron chi connectivity index (χ3n) is 4.58. The minimum Gasteiger partial charge on any atom is -0.368 e. The summed E-state index contributed by atoms with van der Waals surface area (Å²) in [4.78, 5) is 2.68. The van der Waals surface area contributed by atoms with E-state index in [-0.39, 0.29) is 0 Å². The van der Waals surface area contributed by atoms with Crippen LogP contribution in [0, 0.1) is 0 Å². The fourth-order valence-electron chi connectivity index (χ4n) is 3.71. The SMILES string of the molecule is CCNC1CCN2c3c(cccc31)CCC2CC.